The first-order chi connectivity index (χ1) is 11.8. The van der Waals surface area contributed by atoms with Crippen LogP contribution in [0.4, 0.5) is 10.5 Å². The quantitative estimate of drug-likeness (QED) is 0.784. The smallest absolute Gasteiger partial charge is 0.324 e. The number of benzene rings is 1. The standard InChI is InChI=1S/C17H19Cl2N3O3/c1-10-4-2-3-5-17(10)15(24)22(16(25)21-17)9-14(23)20-13-7-11(18)6-12(19)8-13/h6-8,10H,2-5,9H2,1H3,(H,20,23)(H,21,25)/t10-,17-/m0/s1. The first-order valence-electron chi connectivity index (χ1n) is 8.22. The number of rotatable bonds is 3. The van der Waals surface area contributed by atoms with E-state index in [4.69, 9.17) is 23.2 Å². The van der Waals surface area contributed by atoms with Gasteiger partial charge in [-0.1, -0.05) is 43.0 Å². The molecule has 3 rings (SSSR count). The molecular weight excluding hydrogens is 365 g/mol. The number of carbonyl (C=O) groups is 3. The Morgan fingerprint density at radius 2 is 1.96 bits per heavy atom. The van der Waals surface area contributed by atoms with Crippen molar-refractivity contribution in [2.24, 2.45) is 5.92 Å². The van der Waals surface area contributed by atoms with Gasteiger partial charge >= 0.3 is 6.03 Å². The zero-order chi connectivity index (χ0) is 18.2. The third-order valence-corrected chi connectivity index (χ3v) is 5.39. The summed E-state index contributed by atoms with van der Waals surface area (Å²) in [4.78, 5) is 38.3. The SMILES string of the molecule is C[C@H]1CCCC[C@]12NC(=O)N(CC(=O)Nc1cc(Cl)cc(Cl)c1)C2=O. The number of imide groups is 1. The fourth-order valence-electron chi connectivity index (χ4n) is 3.61. The number of halogens is 2. The molecule has 0 aromatic heterocycles. The third-order valence-electron chi connectivity index (χ3n) is 4.95. The molecule has 2 N–H and O–H groups in total. The van der Waals surface area contributed by atoms with Gasteiger partial charge in [0.1, 0.15) is 12.1 Å². The van der Waals surface area contributed by atoms with Crippen LogP contribution in [0.5, 0.6) is 0 Å². The molecule has 8 heteroatoms. The maximum absolute atomic E-state index is 12.8. The van der Waals surface area contributed by atoms with E-state index in [1.807, 2.05) is 6.92 Å². The van der Waals surface area contributed by atoms with E-state index >= 15 is 0 Å². The molecule has 134 valence electrons. The molecule has 1 saturated carbocycles. The first-order valence-corrected chi connectivity index (χ1v) is 8.97. The normalized spacial score (nSPS) is 26.0. The highest BCUT2D eigenvalue weighted by molar-refractivity contribution is 6.35. The van der Waals surface area contributed by atoms with Crippen LogP contribution >= 0.6 is 23.2 Å². The number of urea groups is 1. The van der Waals surface area contributed by atoms with Gasteiger partial charge in [-0.2, -0.15) is 0 Å². The molecule has 6 nitrogen and oxygen atoms in total. The summed E-state index contributed by atoms with van der Waals surface area (Å²) in [5.74, 6) is -0.746. The van der Waals surface area contributed by atoms with Crippen molar-refractivity contribution in [3.63, 3.8) is 0 Å². The molecule has 4 amide bonds. The van der Waals surface area contributed by atoms with Crippen LogP contribution in [-0.4, -0.2) is 34.8 Å². The van der Waals surface area contributed by atoms with Gasteiger partial charge in [0.25, 0.3) is 5.91 Å². The highest BCUT2D eigenvalue weighted by atomic mass is 35.5. The van der Waals surface area contributed by atoms with Crippen LogP contribution in [0.15, 0.2) is 18.2 Å². The Morgan fingerprint density at radius 1 is 1.28 bits per heavy atom. The summed E-state index contributed by atoms with van der Waals surface area (Å²) < 4.78 is 0. The summed E-state index contributed by atoms with van der Waals surface area (Å²) in [7, 11) is 0. The van der Waals surface area contributed by atoms with E-state index in [2.05, 4.69) is 10.6 Å². The van der Waals surface area contributed by atoms with Crippen molar-refractivity contribution in [2.45, 2.75) is 38.1 Å². The fraction of sp³-hybridized carbons (Fsp3) is 0.471. The summed E-state index contributed by atoms with van der Waals surface area (Å²) >= 11 is 11.8. The lowest BCUT2D eigenvalue weighted by atomic mass is 9.73. The number of nitrogens with zero attached hydrogens (tertiary/aromatic N) is 1. The topological polar surface area (TPSA) is 78.5 Å². The van der Waals surface area contributed by atoms with E-state index in [9.17, 15) is 14.4 Å². The number of carbonyl (C=O) groups excluding carboxylic acids is 3. The molecule has 1 saturated heterocycles. The molecule has 0 radical (unpaired) electrons. The van der Waals surface area contributed by atoms with Crippen molar-refractivity contribution in [3.8, 4) is 0 Å². The van der Waals surface area contributed by atoms with Crippen molar-refractivity contribution in [3.05, 3.63) is 28.2 Å². The lowest BCUT2D eigenvalue weighted by Crippen LogP contribution is -2.54. The lowest BCUT2D eigenvalue weighted by Gasteiger charge is -2.36. The number of hydrogen-bond donors (Lipinski definition) is 2. The summed E-state index contributed by atoms with van der Waals surface area (Å²) in [6, 6.07) is 4.12. The molecule has 2 fully saturated rings. The van der Waals surface area contributed by atoms with Gasteiger partial charge in [-0.05, 0) is 37.0 Å². The minimum Gasteiger partial charge on any atom is -0.324 e. The van der Waals surface area contributed by atoms with Crippen LogP contribution in [0.25, 0.3) is 0 Å². The summed E-state index contributed by atoms with van der Waals surface area (Å²) in [5.41, 5.74) is -0.454. The van der Waals surface area contributed by atoms with Gasteiger partial charge in [0, 0.05) is 15.7 Å². The Balaban J connectivity index is 1.71. The molecule has 1 aromatic rings. The highest BCUT2D eigenvalue weighted by Crippen LogP contribution is 2.38. The molecule has 0 bridgehead atoms. The van der Waals surface area contributed by atoms with E-state index in [0.29, 0.717) is 22.2 Å². The van der Waals surface area contributed by atoms with Gasteiger partial charge in [-0.3, -0.25) is 14.5 Å². The zero-order valence-electron chi connectivity index (χ0n) is 13.8. The van der Waals surface area contributed by atoms with Crippen LogP contribution < -0.4 is 10.6 Å². The Bertz CT molecular complexity index is 720. The molecule has 1 aliphatic carbocycles. The van der Waals surface area contributed by atoms with Crippen molar-refractivity contribution >= 4 is 46.7 Å². The highest BCUT2D eigenvalue weighted by Gasteiger charge is 2.55. The summed E-state index contributed by atoms with van der Waals surface area (Å²) in [6.45, 7) is 1.62. The largest absolute Gasteiger partial charge is 0.325 e. The fourth-order valence-corrected chi connectivity index (χ4v) is 4.14. The molecule has 0 unspecified atom stereocenters. The Morgan fingerprint density at radius 3 is 2.60 bits per heavy atom. The maximum atomic E-state index is 12.8. The van der Waals surface area contributed by atoms with E-state index in [0.717, 1.165) is 24.2 Å². The molecule has 2 aliphatic rings. The van der Waals surface area contributed by atoms with Gasteiger partial charge in [0.15, 0.2) is 0 Å². The number of anilines is 1. The van der Waals surface area contributed by atoms with E-state index in [1.165, 1.54) is 0 Å². The minimum atomic E-state index is -0.866. The second kappa shape index (κ2) is 6.84. The van der Waals surface area contributed by atoms with E-state index < -0.39 is 17.5 Å². The van der Waals surface area contributed by atoms with E-state index in [-0.39, 0.29) is 18.4 Å². The average Bonchev–Trinajstić information content (AvgIpc) is 2.74. The van der Waals surface area contributed by atoms with Crippen molar-refractivity contribution in [2.75, 3.05) is 11.9 Å². The van der Waals surface area contributed by atoms with Gasteiger partial charge in [-0.15, -0.1) is 0 Å². The number of amides is 4. The van der Waals surface area contributed by atoms with Crippen LogP contribution in [-0.2, 0) is 9.59 Å². The Labute approximate surface area is 155 Å². The van der Waals surface area contributed by atoms with Gasteiger partial charge in [0.05, 0.1) is 0 Å². The van der Waals surface area contributed by atoms with E-state index in [1.54, 1.807) is 18.2 Å². The molecule has 1 heterocycles. The van der Waals surface area contributed by atoms with Crippen LogP contribution in [0.3, 0.4) is 0 Å². The summed E-state index contributed by atoms with van der Waals surface area (Å²) in [6.07, 6.45) is 3.42. The second-order valence-corrected chi connectivity index (χ2v) is 7.52. The van der Waals surface area contributed by atoms with Crippen LogP contribution in [0.2, 0.25) is 10.0 Å². The lowest BCUT2D eigenvalue weighted by molar-refractivity contribution is -0.136. The summed E-state index contributed by atoms with van der Waals surface area (Å²) in [5, 5.41) is 6.20. The van der Waals surface area contributed by atoms with Crippen molar-refractivity contribution in [1.82, 2.24) is 10.2 Å². The van der Waals surface area contributed by atoms with Crippen LogP contribution in [0, 0.1) is 5.92 Å². The number of nitrogens with one attached hydrogen (secondary N) is 2. The van der Waals surface area contributed by atoms with Crippen molar-refractivity contribution in [1.29, 1.82) is 0 Å². The second-order valence-electron chi connectivity index (χ2n) is 6.65. The predicted octanol–water partition coefficient (Wildman–Crippen LogP) is 3.43. The molecular formula is C17H19Cl2N3O3. The number of hydrogen-bond acceptors (Lipinski definition) is 3. The van der Waals surface area contributed by atoms with Gasteiger partial charge in [-0.25, -0.2) is 4.79 Å². The molecule has 25 heavy (non-hydrogen) atoms. The monoisotopic (exact) mass is 383 g/mol. The molecule has 1 spiro atoms. The maximum Gasteiger partial charge on any atom is 0.325 e. The predicted molar refractivity (Wildman–Crippen MR) is 95.7 cm³/mol. The third kappa shape index (κ3) is 3.46. The van der Waals surface area contributed by atoms with Crippen LogP contribution in [0.1, 0.15) is 32.6 Å². The van der Waals surface area contributed by atoms with Gasteiger partial charge in [0.2, 0.25) is 5.91 Å². The Hall–Kier alpha value is -1.79. The molecule has 2 atom stereocenters. The molecule has 1 aliphatic heterocycles. The average molecular weight is 384 g/mol. The molecule has 1 aromatic carbocycles. The van der Waals surface area contributed by atoms with Crippen molar-refractivity contribution < 1.29 is 14.4 Å². The minimum absolute atomic E-state index is 0.0532. The first kappa shape index (κ1) is 18.0. The van der Waals surface area contributed by atoms with Gasteiger partial charge < -0.3 is 10.6 Å². The Kier molecular flexibility index (Phi) is 4.93. The zero-order valence-corrected chi connectivity index (χ0v) is 15.3.